The number of carbonyl (C=O) groups excluding carboxylic acids is 2. The summed E-state index contributed by atoms with van der Waals surface area (Å²) in [5.74, 6) is -0.555. The Balaban J connectivity index is 1.91. The topological polar surface area (TPSA) is 71.1 Å². The molecule has 0 aliphatic rings. The molecule has 0 aliphatic carbocycles. The highest BCUT2D eigenvalue weighted by molar-refractivity contribution is 7.14. The second-order valence-electron chi connectivity index (χ2n) is 5.53. The molecule has 0 bridgehead atoms. The summed E-state index contributed by atoms with van der Waals surface area (Å²) in [5.41, 5.74) is 1.04. The molecule has 5 nitrogen and oxygen atoms in total. The highest BCUT2D eigenvalue weighted by Gasteiger charge is 2.16. The first-order chi connectivity index (χ1) is 9.85. The minimum atomic E-state index is -0.336. The van der Waals surface area contributed by atoms with Crippen molar-refractivity contribution in [2.75, 3.05) is 6.54 Å². The maximum Gasteiger partial charge on any atom is 0.271 e. The zero-order chi connectivity index (χ0) is 15.5. The van der Waals surface area contributed by atoms with E-state index in [1.807, 2.05) is 37.6 Å². The van der Waals surface area contributed by atoms with Crippen molar-refractivity contribution < 1.29 is 9.59 Å². The Morgan fingerprint density at radius 2 is 2.05 bits per heavy atom. The summed E-state index contributed by atoms with van der Waals surface area (Å²) < 4.78 is 0. The van der Waals surface area contributed by atoms with Crippen LogP contribution in [0.4, 0.5) is 0 Å². The lowest BCUT2D eigenvalue weighted by molar-refractivity contribution is -0.121. The summed E-state index contributed by atoms with van der Waals surface area (Å²) in [6, 6.07) is 1.96. The summed E-state index contributed by atoms with van der Waals surface area (Å²) in [7, 11) is 0. The van der Waals surface area contributed by atoms with Crippen LogP contribution in [-0.4, -0.2) is 28.9 Å². The number of nitrogens with one attached hydrogen (secondary N) is 2. The van der Waals surface area contributed by atoms with E-state index >= 15 is 0 Å². The van der Waals surface area contributed by atoms with Gasteiger partial charge in [0.15, 0.2) is 0 Å². The lowest BCUT2D eigenvalue weighted by Gasteiger charge is -2.20. The van der Waals surface area contributed by atoms with Gasteiger partial charge in [0, 0.05) is 21.9 Å². The first-order valence-corrected chi connectivity index (χ1v) is 8.25. The van der Waals surface area contributed by atoms with E-state index < -0.39 is 0 Å². The standard InChI is InChI=1S/C14H17N3O2S2/c1-14(2,3)17-11(18)6-15-12(19)10-8-21-13(16-10)9-4-5-20-7-9/h4-5,7-8H,6H2,1-3H3,(H,15,19)(H,17,18). The Bertz CT molecular complexity index is 627. The van der Waals surface area contributed by atoms with Gasteiger partial charge in [0.25, 0.3) is 5.91 Å². The molecule has 2 amide bonds. The molecular formula is C14H17N3O2S2. The second kappa shape index (κ2) is 6.36. The Morgan fingerprint density at radius 3 is 2.67 bits per heavy atom. The van der Waals surface area contributed by atoms with Gasteiger partial charge in [-0.15, -0.1) is 11.3 Å². The van der Waals surface area contributed by atoms with Crippen LogP contribution in [0.2, 0.25) is 0 Å². The number of aromatic nitrogens is 1. The van der Waals surface area contributed by atoms with Crippen molar-refractivity contribution in [3.63, 3.8) is 0 Å². The minimum absolute atomic E-state index is 0.0542. The van der Waals surface area contributed by atoms with Gasteiger partial charge in [-0.2, -0.15) is 11.3 Å². The maximum atomic E-state index is 12.0. The van der Waals surface area contributed by atoms with Crippen LogP contribution in [0.15, 0.2) is 22.2 Å². The molecule has 21 heavy (non-hydrogen) atoms. The number of hydrogen-bond acceptors (Lipinski definition) is 5. The molecule has 0 aliphatic heterocycles. The van der Waals surface area contributed by atoms with E-state index in [-0.39, 0.29) is 23.9 Å². The number of thiazole rings is 1. The van der Waals surface area contributed by atoms with Crippen molar-refractivity contribution in [3.8, 4) is 10.6 Å². The summed E-state index contributed by atoms with van der Waals surface area (Å²) in [6.07, 6.45) is 0. The lowest BCUT2D eigenvalue weighted by atomic mass is 10.1. The summed E-state index contributed by atoms with van der Waals surface area (Å²) in [5, 5.41) is 11.8. The van der Waals surface area contributed by atoms with Gasteiger partial charge in [-0.3, -0.25) is 9.59 Å². The van der Waals surface area contributed by atoms with Gasteiger partial charge in [0.05, 0.1) is 6.54 Å². The molecule has 112 valence electrons. The summed E-state index contributed by atoms with van der Waals surface area (Å²) in [6.45, 7) is 5.61. The van der Waals surface area contributed by atoms with Crippen molar-refractivity contribution in [2.24, 2.45) is 0 Å². The monoisotopic (exact) mass is 323 g/mol. The fraction of sp³-hybridized carbons (Fsp3) is 0.357. The van der Waals surface area contributed by atoms with Gasteiger partial charge in [-0.1, -0.05) is 0 Å². The molecule has 2 heterocycles. The zero-order valence-electron chi connectivity index (χ0n) is 12.1. The SMILES string of the molecule is CC(C)(C)NC(=O)CNC(=O)c1csc(-c2ccsc2)n1. The molecule has 0 spiro atoms. The van der Waals surface area contributed by atoms with E-state index in [1.165, 1.54) is 11.3 Å². The van der Waals surface area contributed by atoms with E-state index in [0.29, 0.717) is 5.69 Å². The Labute approximate surface area is 131 Å². The minimum Gasteiger partial charge on any atom is -0.350 e. The fourth-order valence-electron chi connectivity index (χ4n) is 1.61. The number of hydrogen-bond donors (Lipinski definition) is 2. The van der Waals surface area contributed by atoms with Crippen LogP contribution >= 0.6 is 22.7 Å². The van der Waals surface area contributed by atoms with Crippen LogP contribution in [0.1, 0.15) is 31.3 Å². The van der Waals surface area contributed by atoms with Crippen LogP contribution in [0.25, 0.3) is 10.6 Å². The summed E-state index contributed by atoms with van der Waals surface area (Å²) in [4.78, 5) is 27.9. The highest BCUT2D eigenvalue weighted by Crippen LogP contribution is 2.25. The van der Waals surface area contributed by atoms with E-state index in [4.69, 9.17) is 0 Å². The molecule has 0 saturated heterocycles. The molecule has 0 fully saturated rings. The van der Waals surface area contributed by atoms with Crippen molar-refractivity contribution >= 4 is 34.5 Å². The van der Waals surface area contributed by atoms with E-state index in [9.17, 15) is 9.59 Å². The molecule has 0 atom stereocenters. The molecule has 2 N–H and O–H groups in total. The molecule has 0 radical (unpaired) electrons. The molecule has 2 aromatic rings. The van der Waals surface area contributed by atoms with Gasteiger partial charge in [0.2, 0.25) is 5.91 Å². The van der Waals surface area contributed by atoms with Gasteiger partial charge >= 0.3 is 0 Å². The van der Waals surface area contributed by atoms with Gasteiger partial charge in [0.1, 0.15) is 10.7 Å². The zero-order valence-corrected chi connectivity index (χ0v) is 13.7. The number of thiophene rings is 1. The molecular weight excluding hydrogens is 306 g/mol. The van der Waals surface area contributed by atoms with Crippen molar-refractivity contribution in [3.05, 3.63) is 27.9 Å². The predicted octanol–water partition coefficient (Wildman–Crippen LogP) is 2.52. The van der Waals surface area contributed by atoms with Crippen LogP contribution in [0.5, 0.6) is 0 Å². The Hall–Kier alpha value is -1.73. The fourth-order valence-corrected chi connectivity index (χ4v) is 3.12. The first kappa shape index (κ1) is 15.7. The average molecular weight is 323 g/mol. The van der Waals surface area contributed by atoms with Gasteiger partial charge < -0.3 is 10.6 Å². The Kier molecular flexibility index (Phi) is 4.74. The number of nitrogens with zero attached hydrogens (tertiary/aromatic N) is 1. The van der Waals surface area contributed by atoms with Gasteiger partial charge in [-0.25, -0.2) is 4.98 Å². The molecule has 0 unspecified atom stereocenters. The van der Waals surface area contributed by atoms with Crippen LogP contribution in [-0.2, 0) is 4.79 Å². The van der Waals surface area contributed by atoms with Crippen LogP contribution in [0.3, 0.4) is 0 Å². The molecule has 2 rings (SSSR count). The quantitative estimate of drug-likeness (QED) is 0.908. The molecule has 0 saturated carbocycles. The van der Waals surface area contributed by atoms with Gasteiger partial charge in [-0.05, 0) is 32.2 Å². The second-order valence-corrected chi connectivity index (χ2v) is 7.17. The van der Waals surface area contributed by atoms with E-state index in [1.54, 1.807) is 16.7 Å². The first-order valence-electron chi connectivity index (χ1n) is 6.42. The van der Waals surface area contributed by atoms with Crippen LogP contribution in [0, 0.1) is 0 Å². The number of carbonyl (C=O) groups is 2. The number of amides is 2. The smallest absolute Gasteiger partial charge is 0.271 e. The van der Waals surface area contributed by atoms with Crippen molar-refractivity contribution in [1.82, 2.24) is 15.6 Å². The summed E-state index contributed by atoms with van der Waals surface area (Å²) >= 11 is 3.00. The van der Waals surface area contributed by atoms with E-state index in [2.05, 4.69) is 15.6 Å². The number of rotatable bonds is 4. The van der Waals surface area contributed by atoms with Crippen molar-refractivity contribution in [2.45, 2.75) is 26.3 Å². The van der Waals surface area contributed by atoms with Crippen LogP contribution < -0.4 is 10.6 Å². The Morgan fingerprint density at radius 1 is 1.29 bits per heavy atom. The molecule has 7 heteroatoms. The largest absolute Gasteiger partial charge is 0.350 e. The molecule has 0 aromatic carbocycles. The lowest BCUT2D eigenvalue weighted by Crippen LogP contribution is -2.45. The predicted molar refractivity (Wildman–Crippen MR) is 85.7 cm³/mol. The maximum absolute atomic E-state index is 12.0. The third-order valence-electron chi connectivity index (χ3n) is 2.43. The third kappa shape index (κ3) is 4.64. The van der Waals surface area contributed by atoms with Crippen molar-refractivity contribution in [1.29, 1.82) is 0 Å². The normalized spacial score (nSPS) is 11.2. The average Bonchev–Trinajstić information content (AvgIpc) is 3.03. The van der Waals surface area contributed by atoms with E-state index in [0.717, 1.165) is 10.6 Å². The third-order valence-corrected chi connectivity index (χ3v) is 4.00. The highest BCUT2D eigenvalue weighted by atomic mass is 32.1. The molecule has 2 aromatic heterocycles.